The van der Waals surface area contributed by atoms with Crippen molar-refractivity contribution < 1.29 is 0 Å². The summed E-state index contributed by atoms with van der Waals surface area (Å²) < 4.78 is 0. The Balaban J connectivity index is 2.33. The Morgan fingerprint density at radius 2 is 1.62 bits per heavy atom. The van der Waals surface area contributed by atoms with Crippen LogP contribution in [0.15, 0.2) is 30.3 Å². The molecule has 1 aromatic rings. The molecule has 1 aromatic carbocycles. The number of hydrogen-bond acceptors (Lipinski definition) is 1. The van der Waals surface area contributed by atoms with Crippen molar-refractivity contribution in [3.8, 4) is 0 Å². The molecule has 90 valence electrons. The summed E-state index contributed by atoms with van der Waals surface area (Å²) in [5, 5.41) is 3.61. The first-order valence-corrected chi connectivity index (χ1v) is 6.38. The summed E-state index contributed by atoms with van der Waals surface area (Å²) >= 11 is 0. The Kier molecular flexibility index (Phi) is 5.54. The molecule has 0 bridgehead atoms. The molecule has 1 rings (SSSR count). The monoisotopic (exact) mass is 219 g/mol. The third-order valence-electron chi connectivity index (χ3n) is 2.97. The van der Waals surface area contributed by atoms with Gasteiger partial charge in [0.15, 0.2) is 0 Å². The highest BCUT2D eigenvalue weighted by atomic mass is 14.9. The topological polar surface area (TPSA) is 12.0 Å². The number of rotatable bonds is 6. The fraction of sp³-hybridized carbons (Fsp3) is 0.600. The van der Waals surface area contributed by atoms with Crippen LogP contribution in [0, 0.1) is 5.92 Å². The van der Waals surface area contributed by atoms with E-state index in [1.807, 2.05) is 0 Å². The zero-order chi connectivity index (χ0) is 12.0. The quantitative estimate of drug-likeness (QED) is 0.767. The zero-order valence-electron chi connectivity index (χ0n) is 11.0. The van der Waals surface area contributed by atoms with Crippen LogP contribution in [-0.2, 0) is 0 Å². The Labute approximate surface area is 100 Å². The van der Waals surface area contributed by atoms with Crippen LogP contribution >= 0.6 is 0 Å². The van der Waals surface area contributed by atoms with E-state index in [1.54, 1.807) is 0 Å². The molecule has 0 aromatic heterocycles. The van der Waals surface area contributed by atoms with Crippen LogP contribution in [0.3, 0.4) is 0 Å². The van der Waals surface area contributed by atoms with Crippen molar-refractivity contribution in [3.63, 3.8) is 0 Å². The van der Waals surface area contributed by atoms with Gasteiger partial charge < -0.3 is 5.32 Å². The van der Waals surface area contributed by atoms with Crippen LogP contribution in [0.2, 0.25) is 0 Å². The second-order valence-electron chi connectivity index (χ2n) is 5.25. The summed E-state index contributed by atoms with van der Waals surface area (Å²) in [4.78, 5) is 0. The molecular weight excluding hydrogens is 194 g/mol. The van der Waals surface area contributed by atoms with E-state index in [4.69, 9.17) is 0 Å². The SMILES string of the molecule is CC(C)CC(C)NCC(C)c1ccccc1. The van der Waals surface area contributed by atoms with E-state index in [2.05, 4.69) is 63.3 Å². The first-order valence-electron chi connectivity index (χ1n) is 6.38. The van der Waals surface area contributed by atoms with E-state index in [9.17, 15) is 0 Å². The minimum Gasteiger partial charge on any atom is -0.314 e. The normalized spacial score (nSPS) is 15.1. The Morgan fingerprint density at radius 3 is 2.19 bits per heavy atom. The molecule has 0 heterocycles. The first-order chi connectivity index (χ1) is 7.59. The van der Waals surface area contributed by atoms with E-state index < -0.39 is 0 Å². The van der Waals surface area contributed by atoms with Crippen LogP contribution in [-0.4, -0.2) is 12.6 Å². The highest BCUT2D eigenvalue weighted by Gasteiger charge is 2.08. The van der Waals surface area contributed by atoms with Gasteiger partial charge in [-0.15, -0.1) is 0 Å². The highest BCUT2D eigenvalue weighted by Crippen LogP contribution is 2.14. The van der Waals surface area contributed by atoms with Gasteiger partial charge in [0, 0.05) is 12.6 Å². The molecule has 0 saturated heterocycles. The molecular formula is C15H25N. The van der Waals surface area contributed by atoms with Crippen LogP contribution < -0.4 is 5.32 Å². The van der Waals surface area contributed by atoms with Crippen LogP contribution in [0.1, 0.15) is 45.6 Å². The van der Waals surface area contributed by atoms with E-state index in [0.29, 0.717) is 12.0 Å². The zero-order valence-corrected chi connectivity index (χ0v) is 11.0. The lowest BCUT2D eigenvalue weighted by molar-refractivity contribution is 0.432. The average molecular weight is 219 g/mol. The summed E-state index contributed by atoms with van der Waals surface area (Å²) in [6, 6.07) is 11.3. The molecule has 1 nitrogen and oxygen atoms in total. The molecule has 16 heavy (non-hydrogen) atoms. The third kappa shape index (κ3) is 4.80. The molecule has 0 radical (unpaired) electrons. The number of benzene rings is 1. The molecule has 2 unspecified atom stereocenters. The van der Waals surface area contributed by atoms with Gasteiger partial charge in [0.2, 0.25) is 0 Å². The van der Waals surface area contributed by atoms with Gasteiger partial charge in [0.1, 0.15) is 0 Å². The van der Waals surface area contributed by atoms with E-state index in [1.165, 1.54) is 12.0 Å². The molecule has 0 aliphatic carbocycles. The lowest BCUT2D eigenvalue weighted by Crippen LogP contribution is -2.30. The van der Waals surface area contributed by atoms with E-state index >= 15 is 0 Å². The van der Waals surface area contributed by atoms with Crippen molar-refractivity contribution in [2.24, 2.45) is 5.92 Å². The van der Waals surface area contributed by atoms with Gasteiger partial charge in [-0.1, -0.05) is 51.1 Å². The van der Waals surface area contributed by atoms with Gasteiger partial charge in [-0.2, -0.15) is 0 Å². The van der Waals surface area contributed by atoms with Gasteiger partial charge in [-0.05, 0) is 30.7 Å². The van der Waals surface area contributed by atoms with Gasteiger partial charge in [0.25, 0.3) is 0 Å². The highest BCUT2D eigenvalue weighted by molar-refractivity contribution is 5.18. The molecule has 1 N–H and O–H groups in total. The second-order valence-corrected chi connectivity index (χ2v) is 5.25. The standard InChI is InChI=1S/C15H25N/c1-12(2)10-14(4)16-11-13(3)15-8-6-5-7-9-15/h5-9,12-14,16H,10-11H2,1-4H3. The summed E-state index contributed by atoms with van der Waals surface area (Å²) in [6.45, 7) is 10.2. The Morgan fingerprint density at radius 1 is 1.00 bits per heavy atom. The van der Waals surface area contributed by atoms with Crippen molar-refractivity contribution in [1.29, 1.82) is 0 Å². The fourth-order valence-electron chi connectivity index (χ4n) is 2.07. The van der Waals surface area contributed by atoms with Crippen LogP contribution in [0.5, 0.6) is 0 Å². The molecule has 0 spiro atoms. The van der Waals surface area contributed by atoms with Gasteiger partial charge >= 0.3 is 0 Å². The molecule has 0 amide bonds. The first kappa shape index (κ1) is 13.2. The predicted molar refractivity (Wildman–Crippen MR) is 71.8 cm³/mol. The Hall–Kier alpha value is -0.820. The smallest absolute Gasteiger partial charge is 0.00414 e. The molecule has 1 heteroatoms. The van der Waals surface area contributed by atoms with Crippen LogP contribution in [0.25, 0.3) is 0 Å². The summed E-state index contributed by atoms with van der Waals surface area (Å²) in [6.07, 6.45) is 1.25. The average Bonchev–Trinajstić information content (AvgIpc) is 2.26. The summed E-state index contributed by atoms with van der Waals surface area (Å²) in [7, 11) is 0. The summed E-state index contributed by atoms with van der Waals surface area (Å²) in [5.41, 5.74) is 1.42. The Bertz CT molecular complexity index is 279. The molecule has 0 saturated carbocycles. The van der Waals surface area contributed by atoms with Gasteiger partial charge in [-0.25, -0.2) is 0 Å². The largest absolute Gasteiger partial charge is 0.314 e. The summed E-state index contributed by atoms with van der Waals surface area (Å²) in [5.74, 6) is 1.37. The van der Waals surface area contributed by atoms with E-state index in [-0.39, 0.29) is 0 Å². The van der Waals surface area contributed by atoms with E-state index in [0.717, 1.165) is 12.5 Å². The second kappa shape index (κ2) is 6.70. The number of hydrogen-bond donors (Lipinski definition) is 1. The maximum absolute atomic E-state index is 3.61. The maximum Gasteiger partial charge on any atom is 0.00414 e. The minimum atomic E-state index is 0.593. The van der Waals surface area contributed by atoms with Crippen molar-refractivity contribution in [1.82, 2.24) is 5.32 Å². The van der Waals surface area contributed by atoms with Crippen molar-refractivity contribution >= 4 is 0 Å². The lowest BCUT2D eigenvalue weighted by atomic mass is 10.00. The van der Waals surface area contributed by atoms with Gasteiger partial charge in [-0.3, -0.25) is 0 Å². The number of nitrogens with one attached hydrogen (secondary N) is 1. The maximum atomic E-state index is 3.61. The molecule has 0 aliphatic rings. The molecule has 0 fully saturated rings. The predicted octanol–water partition coefficient (Wildman–Crippen LogP) is 3.81. The van der Waals surface area contributed by atoms with Gasteiger partial charge in [0.05, 0.1) is 0 Å². The van der Waals surface area contributed by atoms with Crippen LogP contribution in [0.4, 0.5) is 0 Å². The third-order valence-corrected chi connectivity index (χ3v) is 2.97. The van der Waals surface area contributed by atoms with Crippen molar-refractivity contribution in [2.75, 3.05) is 6.54 Å². The lowest BCUT2D eigenvalue weighted by Gasteiger charge is -2.19. The van der Waals surface area contributed by atoms with Crippen molar-refractivity contribution in [2.45, 2.75) is 46.1 Å². The minimum absolute atomic E-state index is 0.593. The van der Waals surface area contributed by atoms with Crippen molar-refractivity contribution in [3.05, 3.63) is 35.9 Å². The molecule has 0 aliphatic heterocycles. The molecule has 2 atom stereocenters. The fourth-order valence-corrected chi connectivity index (χ4v) is 2.07.